The molecule has 20 heavy (non-hydrogen) atoms. The van der Waals surface area contributed by atoms with Crippen molar-refractivity contribution in [3.05, 3.63) is 48.0 Å². The fourth-order valence-electron chi connectivity index (χ4n) is 3.30. The molecule has 1 saturated carbocycles. The van der Waals surface area contributed by atoms with Crippen LogP contribution in [-0.2, 0) is 6.54 Å². The van der Waals surface area contributed by atoms with Gasteiger partial charge in [0, 0.05) is 12.6 Å². The summed E-state index contributed by atoms with van der Waals surface area (Å²) in [5.41, 5.74) is 1.40. The van der Waals surface area contributed by atoms with Gasteiger partial charge in [0.2, 0.25) is 0 Å². The first kappa shape index (κ1) is 13.6. The normalized spacial score (nSPS) is 23.6. The van der Waals surface area contributed by atoms with E-state index < -0.39 is 0 Å². The first-order valence-electron chi connectivity index (χ1n) is 8.02. The Labute approximate surface area is 122 Å². The van der Waals surface area contributed by atoms with Gasteiger partial charge in [-0.25, -0.2) is 0 Å². The monoisotopic (exact) mass is 267 g/mol. The molecule has 1 aliphatic rings. The second kappa shape index (κ2) is 6.41. The van der Waals surface area contributed by atoms with Gasteiger partial charge in [-0.05, 0) is 47.6 Å². The molecule has 0 saturated heterocycles. The number of nitrogens with one attached hydrogen (secondary N) is 1. The predicted octanol–water partition coefficient (Wildman–Crippen LogP) is 4.90. The zero-order valence-corrected chi connectivity index (χ0v) is 12.4. The Morgan fingerprint density at radius 3 is 2.70 bits per heavy atom. The molecule has 2 aromatic rings. The first-order chi connectivity index (χ1) is 9.81. The Kier molecular flexibility index (Phi) is 4.37. The zero-order chi connectivity index (χ0) is 13.8. The Balaban J connectivity index is 1.61. The Morgan fingerprint density at radius 2 is 1.80 bits per heavy atom. The van der Waals surface area contributed by atoms with Crippen molar-refractivity contribution in [1.29, 1.82) is 0 Å². The Bertz CT molecular complexity index is 560. The number of hydrogen-bond acceptors (Lipinski definition) is 1. The lowest BCUT2D eigenvalue weighted by molar-refractivity contribution is 0.447. The first-order valence-corrected chi connectivity index (χ1v) is 8.02. The van der Waals surface area contributed by atoms with Crippen LogP contribution in [0.5, 0.6) is 0 Å². The smallest absolute Gasteiger partial charge is 0.0208 e. The van der Waals surface area contributed by atoms with E-state index in [1.165, 1.54) is 48.4 Å². The minimum absolute atomic E-state index is 0.714. The maximum atomic E-state index is 3.76. The van der Waals surface area contributed by atoms with Crippen LogP contribution in [0.4, 0.5) is 0 Å². The summed E-state index contributed by atoms with van der Waals surface area (Å²) in [6.45, 7) is 3.40. The molecule has 0 heterocycles. The molecule has 2 atom stereocenters. The summed E-state index contributed by atoms with van der Waals surface area (Å²) in [6.07, 6.45) is 6.87. The molecule has 106 valence electrons. The largest absolute Gasteiger partial charge is 0.310 e. The van der Waals surface area contributed by atoms with Gasteiger partial charge in [0.05, 0.1) is 0 Å². The van der Waals surface area contributed by atoms with Crippen molar-refractivity contribution in [1.82, 2.24) is 5.32 Å². The Morgan fingerprint density at radius 1 is 0.950 bits per heavy atom. The highest BCUT2D eigenvalue weighted by molar-refractivity contribution is 5.82. The second-order valence-corrected chi connectivity index (χ2v) is 6.37. The van der Waals surface area contributed by atoms with Crippen molar-refractivity contribution in [3.8, 4) is 0 Å². The highest BCUT2D eigenvalue weighted by Crippen LogP contribution is 2.23. The minimum atomic E-state index is 0.714. The van der Waals surface area contributed by atoms with E-state index in [-0.39, 0.29) is 0 Å². The van der Waals surface area contributed by atoms with Gasteiger partial charge in [-0.3, -0.25) is 0 Å². The van der Waals surface area contributed by atoms with E-state index in [0.717, 1.165) is 12.5 Å². The van der Waals surface area contributed by atoms with Crippen LogP contribution < -0.4 is 5.32 Å². The van der Waals surface area contributed by atoms with Crippen LogP contribution in [-0.4, -0.2) is 6.04 Å². The second-order valence-electron chi connectivity index (χ2n) is 6.37. The fraction of sp³-hybridized carbons (Fsp3) is 0.474. The van der Waals surface area contributed by atoms with Gasteiger partial charge in [-0.2, -0.15) is 0 Å². The number of rotatable bonds is 3. The van der Waals surface area contributed by atoms with Gasteiger partial charge in [0.1, 0.15) is 0 Å². The van der Waals surface area contributed by atoms with Crippen LogP contribution in [0.1, 0.15) is 44.6 Å². The van der Waals surface area contributed by atoms with Crippen LogP contribution in [0.25, 0.3) is 10.8 Å². The van der Waals surface area contributed by atoms with E-state index in [1.807, 2.05) is 0 Å². The lowest BCUT2D eigenvalue weighted by Crippen LogP contribution is -2.27. The molecule has 1 fully saturated rings. The molecule has 1 heteroatoms. The van der Waals surface area contributed by atoms with E-state index in [0.29, 0.717) is 6.04 Å². The molecule has 1 nitrogen and oxygen atoms in total. The highest BCUT2D eigenvalue weighted by Gasteiger charge is 2.15. The summed E-state index contributed by atoms with van der Waals surface area (Å²) in [4.78, 5) is 0. The number of fused-ring (bicyclic) bond motifs is 1. The molecule has 0 spiro atoms. The molecule has 0 aromatic heterocycles. The molecular formula is C19H25N. The van der Waals surface area contributed by atoms with Gasteiger partial charge in [0.25, 0.3) is 0 Å². The lowest BCUT2D eigenvalue weighted by atomic mass is 10.0. The molecule has 1 aliphatic carbocycles. The quantitative estimate of drug-likeness (QED) is 0.780. The minimum Gasteiger partial charge on any atom is -0.310 e. The maximum absolute atomic E-state index is 3.76. The zero-order valence-electron chi connectivity index (χ0n) is 12.4. The van der Waals surface area contributed by atoms with Gasteiger partial charge in [0.15, 0.2) is 0 Å². The fourth-order valence-corrected chi connectivity index (χ4v) is 3.30. The topological polar surface area (TPSA) is 12.0 Å². The third-order valence-corrected chi connectivity index (χ3v) is 4.67. The average Bonchev–Trinajstić information content (AvgIpc) is 2.69. The molecule has 2 unspecified atom stereocenters. The van der Waals surface area contributed by atoms with Gasteiger partial charge in [-0.1, -0.05) is 56.2 Å². The van der Waals surface area contributed by atoms with Crippen molar-refractivity contribution in [2.24, 2.45) is 5.92 Å². The molecule has 3 rings (SSSR count). The molecule has 0 bridgehead atoms. The summed E-state index contributed by atoms with van der Waals surface area (Å²) in [5, 5.41) is 6.44. The molecule has 0 radical (unpaired) electrons. The Hall–Kier alpha value is -1.34. The molecule has 1 N–H and O–H groups in total. The maximum Gasteiger partial charge on any atom is 0.0208 e. The van der Waals surface area contributed by atoms with E-state index in [2.05, 4.69) is 54.7 Å². The summed E-state index contributed by atoms with van der Waals surface area (Å²) < 4.78 is 0. The summed E-state index contributed by atoms with van der Waals surface area (Å²) in [5.74, 6) is 0.919. The predicted molar refractivity (Wildman–Crippen MR) is 86.8 cm³/mol. The average molecular weight is 267 g/mol. The van der Waals surface area contributed by atoms with E-state index in [1.54, 1.807) is 0 Å². The lowest BCUT2D eigenvalue weighted by Gasteiger charge is -2.16. The third-order valence-electron chi connectivity index (χ3n) is 4.67. The van der Waals surface area contributed by atoms with Crippen molar-refractivity contribution < 1.29 is 0 Å². The van der Waals surface area contributed by atoms with Gasteiger partial charge >= 0.3 is 0 Å². The third kappa shape index (κ3) is 3.40. The molecular weight excluding hydrogens is 242 g/mol. The van der Waals surface area contributed by atoms with Crippen LogP contribution in [0.15, 0.2) is 42.5 Å². The van der Waals surface area contributed by atoms with Gasteiger partial charge in [-0.15, -0.1) is 0 Å². The molecule has 0 amide bonds. The summed E-state index contributed by atoms with van der Waals surface area (Å²) in [7, 11) is 0. The number of hydrogen-bond donors (Lipinski definition) is 1. The van der Waals surface area contributed by atoms with Crippen molar-refractivity contribution in [2.45, 2.75) is 51.6 Å². The van der Waals surface area contributed by atoms with Crippen LogP contribution >= 0.6 is 0 Å². The van der Waals surface area contributed by atoms with E-state index in [4.69, 9.17) is 0 Å². The summed E-state index contributed by atoms with van der Waals surface area (Å²) in [6, 6.07) is 16.1. The SMILES string of the molecule is CC1CCCC(NCc2ccc3ccccc3c2)CC1. The number of benzene rings is 2. The summed E-state index contributed by atoms with van der Waals surface area (Å²) >= 11 is 0. The van der Waals surface area contributed by atoms with Crippen LogP contribution in [0, 0.1) is 5.92 Å². The van der Waals surface area contributed by atoms with Crippen LogP contribution in [0.2, 0.25) is 0 Å². The van der Waals surface area contributed by atoms with Crippen LogP contribution in [0.3, 0.4) is 0 Å². The van der Waals surface area contributed by atoms with Gasteiger partial charge < -0.3 is 5.32 Å². The standard InChI is InChI=1S/C19H25N/c1-15-5-4-8-19(12-9-15)20-14-16-10-11-17-6-2-3-7-18(17)13-16/h2-3,6-7,10-11,13,15,19-20H,4-5,8-9,12,14H2,1H3. The van der Waals surface area contributed by atoms with Crippen molar-refractivity contribution >= 4 is 10.8 Å². The highest BCUT2D eigenvalue weighted by atomic mass is 14.9. The van der Waals surface area contributed by atoms with E-state index >= 15 is 0 Å². The molecule has 2 aromatic carbocycles. The van der Waals surface area contributed by atoms with E-state index in [9.17, 15) is 0 Å². The van der Waals surface area contributed by atoms with Crippen molar-refractivity contribution in [2.75, 3.05) is 0 Å². The molecule has 0 aliphatic heterocycles. The van der Waals surface area contributed by atoms with Crippen molar-refractivity contribution in [3.63, 3.8) is 0 Å².